The van der Waals surface area contributed by atoms with Crippen LogP contribution in [-0.2, 0) is 64.1 Å². The maximum atomic E-state index is 14.6. The van der Waals surface area contributed by atoms with E-state index < -0.39 is 91.3 Å². The molecule has 10 aromatic rings. The van der Waals surface area contributed by atoms with Crippen LogP contribution in [0.25, 0.3) is 0 Å². The van der Waals surface area contributed by atoms with Gasteiger partial charge in [0.15, 0.2) is 5.78 Å². The maximum Gasteiger partial charge on any atom is 0.412 e. The number of nitrogens with zero attached hydrogens (tertiary/aromatic N) is 7. The van der Waals surface area contributed by atoms with E-state index in [0.717, 1.165) is 75.9 Å². The molecule has 0 aliphatic carbocycles. The zero-order valence-electron chi connectivity index (χ0n) is 77.4. The molecule has 8 atom stereocenters. The molecule has 10 aromatic carbocycles. The summed E-state index contributed by atoms with van der Waals surface area (Å²) in [7, 11) is 0. The number of nitro benzene ring substituents is 4. The molecule has 4 amide bonds. The lowest BCUT2D eigenvalue weighted by Gasteiger charge is -2.26. The fraction of sp³-hybridized carbons (Fsp3) is 0.301. The number of carbonyl (C=O) groups is 7. The van der Waals surface area contributed by atoms with E-state index >= 15 is 0 Å². The number of thioether (sulfide) groups is 1. The standard InChI is InChI=1S/C55H61N5O9.C21H24N2O4.C14H12N2O3.C13H18N2O4S/c1-6-32-68-55(65)56-36-39(5)52(62)57-48(34-43-24-22-41(23-25-43)21-20-40-14-10-8-11-15-40)49(61)35-46(33-42-16-12-9-13-17-42)53(63)58-50(38(4)7-2)54(64)69-59-51(44-26-18-37(3)19-27-44)45-28-30-47(31-29-45)60(66)67;1-5-15(3)16(4)21(24)27-22-20(17-8-6-14(2)7-9-17)18-10-12-19(13-11-18)23(25)26;1-10-2-4-11(5-3-10)14(15-17)12-6-8-13(9-7-12)16(18)19;1-10(7-8-20-2)9-14-13(16)19-12-5-3-11(4-6-12)15(17)18/h6,8-19,22-31,38-39,46,48,50H,1,7,20-21,32-36H2,2-5H3,(H,56,65)(H,57,62)(H,58,63);6-13,15-16H,5H2,1-4H3;2-9,17H,1H3;3-6,10H,7-9H2,1-2H3,(H,14,16)/b59-51-;22-20-;15-14+;/t38?,39-,46+,48-,50-;15?,16-;;10-/m00.0/s1. The van der Waals surface area contributed by atoms with Crippen molar-refractivity contribution in [2.24, 2.45) is 51.0 Å². The van der Waals surface area contributed by atoms with E-state index in [-0.39, 0.29) is 78.5 Å². The second kappa shape index (κ2) is 55.8. The van der Waals surface area contributed by atoms with Crippen molar-refractivity contribution in [3.05, 3.63) is 380 Å². The zero-order valence-corrected chi connectivity index (χ0v) is 78.2. The number of carbonyl (C=O) groups excluding carboxylic acids is 7. The average Bonchev–Trinajstić information content (AvgIpc) is 0.829. The van der Waals surface area contributed by atoms with E-state index in [1.807, 2.05) is 188 Å². The van der Waals surface area contributed by atoms with E-state index in [9.17, 15) is 74.0 Å². The summed E-state index contributed by atoms with van der Waals surface area (Å²) in [6.45, 7) is 23.0. The van der Waals surface area contributed by atoms with E-state index in [4.69, 9.17) is 24.4 Å². The molecule has 0 aromatic heterocycles. The summed E-state index contributed by atoms with van der Waals surface area (Å²) in [5.74, 6) is -3.23. The third-order valence-corrected chi connectivity index (χ3v) is 22.7. The van der Waals surface area contributed by atoms with Crippen LogP contribution in [0.1, 0.15) is 146 Å². The van der Waals surface area contributed by atoms with Crippen molar-refractivity contribution in [3.63, 3.8) is 0 Å². The maximum absolute atomic E-state index is 14.6. The first-order valence-electron chi connectivity index (χ1n) is 44.0. The Morgan fingerprint density at radius 1 is 0.459 bits per heavy atom. The third kappa shape index (κ3) is 36.1. The lowest BCUT2D eigenvalue weighted by atomic mass is 9.88. The Morgan fingerprint density at radius 3 is 1.26 bits per heavy atom. The molecular weight excluding hydrogens is 1740 g/mol. The van der Waals surface area contributed by atoms with Crippen molar-refractivity contribution in [2.75, 3.05) is 31.7 Å². The van der Waals surface area contributed by atoms with Crippen LogP contribution in [0.5, 0.6) is 5.75 Å². The van der Waals surface area contributed by atoms with Gasteiger partial charge in [0.1, 0.15) is 35.5 Å². The van der Waals surface area contributed by atoms with E-state index in [0.29, 0.717) is 52.6 Å². The van der Waals surface area contributed by atoms with Gasteiger partial charge < -0.3 is 45.6 Å². The van der Waals surface area contributed by atoms with Crippen LogP contribution < -0.4 is 26.0 Å². The van der Waals surface area contributed by atoms with E-state index in [1.54, 1.807) is 62.0 Å². The minimum absolute atomic E-state index is 0.00178. The number of nitro groups is 4. The molecule has 0 fully saturated rings. The van der Waals surface area contributed by atoms with E-state index in [1.165, 1.54) is 84.4 Å². The molecule has 0 aliphatic rings. The van der Waals surface area contributed by atoms with Gasteiger partial charge in [0.25, 0.3) is 22.7 Å². The van der Waals surface area contributed by atoms with Crippen LogP contribution >= 0.6 is 11.8 Å². The average molecular weight is 1860 g/mol. The Morgan fingerprint density at radius 2 is 0.844 bits per heavy atom. The molecule has 135 heavy (non-hydrogen) atoms. The molecule has 0 spiro atoms. The minimum atomic E-state index is -1.18. The molecule has 0 saturated carbocycles. The van der Waals surface area contributed by atoms with Crippen LogP contribution in [0.3, 0.4) is 0 Å². The number of ketones is 1. The lowest BCUT2D eigenvalue weighted by Crippen LogP contribution is -2.50. The number of nitrogens with one attached hydrogen (secondary N) is 4. The Balaban J connectivity index is 0.000000302. The van der Waals surface area contributed by atoms with Gasteiger partial charge in [0.05, 0.1) is 37.6 Å². The molecule has 5 N–H and O–H groups in total. The summed E-state index contributed by atoms with van der Waals surface area (Å²) >= 11 is 1.77. The number of amides is 4. The fourth-order valence-corrected chi connectivity index (χ4v) is 13.8. The largest absolute Gasteiger partial charge is 0.445 e. The summed E-state index contributed by atoms with van der Waals surface area (Å²) < 4.78 is 10.0. The number of benzene rings is 10. The first-order chi connectivity index (χ1) is 64.7. The highest BCUT2D eigenvalue weighted by molar-refractivity contribution is 7.98. The highest BCUT2D eigenvalue weighted by Gasteiger charge is 2.35. The molecule has 31 nitrogen and oxygen atoms in total. The zero-order chi connectivity index (χ0) is 98.5. The number of rotatable bonds is 42. The SMILES string of the molecule is C=CCOC(=O)NC[C@H](C)C(=O)N[C@@H](Cc1ccc(CCc2ccccc2)cc1)C(=O)C[C@@H](Cc1ccccc1)C(=O)N[C@H](C(=O)O/N=C(/c1ccc(C)cc1)c1ccc([N+](=O)[O-])cc1)C(C)CC.CCC(C)[C@H](C)C(=O)O/N=C(/c1ccc(C)cc1)c1ccc([N+](=O)[O-])cc1.CSCC[C@H](C)CNC(=O)Oc1ccc([N+](=O)[O-])cc1.Cc1ccc(/C(=N\O)c2ccc([N+](=O)[O-])cc2)cc1. The summed E-state index contributed by atoms with van der Waals surface area (Å²) in [5.41, 5.74) is 11.8. The molecular formula is C103H115N11O20S. The first kappa shape index (κ1) is 107. The number of aryl methyl sites for hydroxylation is 5. The number of hydrogen-bond donors (Lipinski definition) is 5. The Kier molecular flexibility index (Phi) is 44.2. The fourth-order valence-electron chi connectivity index (χ4n) is 13.1. The van der Waals surface area contributed by atoms with Crippen LogP contribution in [-0.4, -0.2) is 128 Å². The number of oxime groups is 3. The minimum Gasteiger partial charge on any atom is -0.445 e. The smallest absolute Gasteiger partial charge is 0.412 e. The molecule has 0 aliphatic heterocycles. The summed E-state index contributed by atoms with van der Waals surface area (Å²) in [5, 5.41) is 75.1. The van der Waals surface area contributed by atoms with Crippen LogP contribution in [0, 0.1) is 96.7 Å². The van der Waals surface area contributed by atoms with Gasteiger partial charge in [-0.05, 0) is 153 Å². The number of hydrogen-bond acceptors (Lipinski definition) is 24. The summed E-state index contributed by atoms with van der Waals surface area (Å²) in [4.78, 5) is 145. The normalized spacial score (nSPS) is 12.9. The molecule has 10 rings (SSSR count). The van der Waals surface area contributed by atoms with Gasteiger partial charge in [-0.1, -0.05) is 264 Å². The van der Waals surface area contributed by atoms with Crippen molar-refractivity contribution in [2.45, 2.75) is 133 Å². The van der Waals surface area contributed by atoms with Gasteiger partial charge in [0.2, 0.25) is 11.8 Å². The highest BCUT2D eigenvalue weighted by Crippen LogP contribution is 2.27. The Hall–Kier alpha value is -15.2. The van der Waals surface area contributed by atoms with Crippen LogP contribution in [0.15, 0.2) is 283 Å². The molecule has 0 radical (unpaired) electrons. The highest BCUT2D eigenvalue weighted by atomic mass is 32.2. The monoisotopic (exact) mass is 1860 g/mol. The van der Waals surface area contributed by atoms with Crippen LogP contribution in [0.4, 0.5) is 32.3 Å². The second-order valence-corrected chi connectivity index (χ2v) is 33.4. The van der Waals surface area contributed by atoms with Crippen LogP contribution in [0.2, 0.25) is 0 Å². The third-order valence-electron chi connectivity index (χ3n) is 22.1. The predicted octanol–water partition coefficient (Wildman–Crippen LogP) is 19.7. The predicted molar refractivity (Wildman–Crippen MR) is 521 cm³/mol. The molecule has 2 unspecified atom stereocenters. The molecule has 32 heteroatoms. The summed E-state index contributed by atoms with van der Waals surface area (Å²) in [6, 6.07) is 70.4. The van der Waals surface area contributed by atoms with Gasteiger partial charge >= 0.3 is 24.1 Å². The van der Waals surface area contributed by atoms with Gasteiger partial charge in [0, 0.05) is 107 Å². The lowest BCUT2D eigenvalue weighted by molar-refractivity contribution is -0.385. The van der Waals surface area contributed by atoms with Crippen molar-refractivity contribution in [1.29, 1.82) is 0 Å². The molecule has 0 saturated heterocycles. The quantitative estimate of drug-likeness (QED) is 0.00592. The summed E-state index contributed by atoms with van der Waals surface area (Å²) in [6.07, 6.45) is 6.21. The first-order valence-corrected chi connectivity index (χ1v) is 45.4. The molecule has 708 valence electrons. The number of alkyl carbamates (subject to hydrolysis) is 1. The van der Waals surface area contributed by atoms with Crippen molar-refractivity contribution < 1.29 is 77.6 Å². The van der Waals surface area contributed by atoms with E-state index in [2.05, 4.69) is 62.4 Å². The Labute approximate surface area is 789 Å². The van der Waals surface area contributed by atoms with Crippen molar-refractivity contribution >= 4 is 93.4 Å². The topological polar surface area (TPSA) is 434 Å². The number of Topliss-reactive ketones (excluding diaryl/α,β-unsaturated/α-hetero) is 1. The van der Waals surface area contributed by atoms with Gasteiger partial charge in [-0.3, -0.25) is 54.8 Å². The second-order valence-electron chi connectivity index (χ2n) is 32.4. The molecule has 0 bridgehead atoms. The van der Waals surface area contributed by atoms with Gasteiger partial charge in [-0.15, -0.1) is 0 Å². The van der Waals surface area contributed by atoms with Gasteiger partial charge in [-0.25, -0.2) is 19.2 Å². The van der Waals surface area contributed by atoms with Crippen molar-refractivity contribution in [3.8, 4) is 5.75 Å². The van der Waals surface area contributed by atoms with Crippen molar-refractivity contribution in [1.82, 2.24) is 21.3 Å². The Bertz CT molecular complexity index is 5660. The number of non-ortho nitro benzene ring substituents is 4. The number of ether oxygens (including phenoxy) is 2. The molecule has 0 heterocycles. The van der Waals surface area contributed by atoms with Gasteiger partial charge in [-0.2, -0.15) is 11.8 Å².